The number of nitrogens with one attached hydrogen (secondary N) is 1. The molecule has 1 aliphatic rings. The first-order valence-electron chi connectivity index (χ1n) is 11.6. The fourth-order valence-electron chi connectivity index (χ4n) is 4.07. The molecule has 7 nitrogen and oxygen atoms in total. The Bertz CT molecular complexity index is 1240. The lowest BCUT2D eigenvalue weighted by Crippen LogP contribution is -2.15. The molecule has 0 radical (unpaired) electrons. The number of carbonyl (C=O) groups excluding carboxylic acids is 2. The van der Waals surface area contributed by atoms with Crippen LogP contribution in [0.2, 0.25) is 0 Å². The number of aryl methyl sites for hydroxylation is 1. The summed E-state index contributed by atoms with van der Waals surface area (Å²) < 4.78 is 4.92. The van der Waals surface area contributed by atoms with E-state index >= 15 is 0 Å². The number of pyridine rings is 1. The molecule has 9 heteroatoms. The highest BCUT2D eigenvalue weighted by atomic mass is 32.2. The van der Waals surface area contributed by atoms with Crippen molar-refractivity contribution in [1.29, 1.82) is 5.26 Å². The highest BCUT2D eigenvalue weighted by Gasteiger charge is 2.23. The van der Waals surface area contributed by atoms with Crippen LogP contribution in [0.3, 0.4) is 0 Å². The number of benzene rings is 1. The minimum absolute atomic E-state index is 0.0864. The van der Waals surface area contributed by atoms with Crippen molar-refractivity contribution < 1.29 is 14.3 Å². The number of hydrogen-bond donors (Lipinski definition) is 1. The molecule has 0 aliphatic heterocycles. The van der Waals surface area contributed by atoms with E-state index in [4.69, 9.17) is 9.72 Å². The van der Waals surface area contributed by atoms with Crippen LogP contribution in [0.5, 0.6) is 0 Å². The van der Waals surface area contributed by atoms with Gasteiger partial charge >= 0.3 is 5.97 Å². The largest absolute Gasteiger partial charge is 0.466 e. The minimum Gasteiger partial charge on any atom is -0.466 e. The average Bonchev–Trinajstić information content (AvgIpc) is 3.30. The van der Waals surface area contributed by atoms with Crippen molar-refractivity contribution in [2.75, 3.05) is 17.7 Å². The van der Waals surface area contributed by atoms with Crippen molar-refractivity contribution >= 4 is 40.1 Å². The molecule has 0 saturated heterocycles. The van der Waals surface area contributed by atoms with E-state index < -0.39 is 0 Å². The number of nitriles is 1. The molecule has 2 aromatic heterocycles. The van der Waals surface area contributed by atoms with Gasteiger partial charge in [0.15, 0.2) is 5.13 Å². The molecule has 0 spiro atoms. The molecule has 0 fully saturated rings. The molecule has 1 aromatic carbocycles. The summed E-state index contributed by atoms with van der Waals surface area (Å²) in [5.74, 6) is 0.438. The summed E-state index contributed by atoms with van der Waals surface area (Å²) in [5, 5.41) is 15.3. The first kappa shape index (κ1) is 24.9. The highest BCUT2D eigenvalue weighted by molar-refractivity contribution is 7.99. The third-order valence-electron chi connectivity index (χ3n) is 5.74. The second-order valence-electron chi connectivity index (χ2n) is 8.18. The summed E-state index contributed by atoms with van der Waals surface area (Å²) in [6.07, 6.45) is 3.15. The summed E-state index contributed by atoms with van der Waals surface area (Å²) in [7, 11) is 0. The Kier molecular flexibility index (Phi) is 8.50. The number of rotatable bonds is 9. The van der Waals surface area contributed by atoms with Crippen molar-refractivity contribution in [3.8, 4) is 6.07 Å². The molecular formula is C26H26N4O3S2. The van der Waals surface area contributed by atoms with Gasteiger partial charge in [-0.25, -0.2) is 9.97 Å². The predicted octanol–water partition coefficient (Wildman–Crippen LogP) is 4.91. The Morgan fingerprint density at radius 3 is 2.89 bits per heavy atom. The van der Waals surface area contributed by atoms with Crippen molar-refractivity contribution in [1.82, 2.24) is 9.97 Å². The zero-order valence-electron chi connectivity index (χ0n) is 19.5. The second kappa shape index (κ2) is 12.0. The predicted molar refractivity (Wildman–Crippen MR) is 137 cm³/mol. The van der Waals surface area contributed by atoms with Crippen molar-refractivity contribution in [2.45, 2.75) is 50.0 Å². The number of hydrogen-bond acceptors (Lipinski definition) is 8. The number of nitrogens with zero attached hydrogens (tertiary/aromatic N) is 3. The number of anilines is 1. The maximum atomic E-state index is 12.4. The fraction of sp³-hybridized carbons (Fsp3) is 0.346. The normalized spacial score (nSPS) is 14.6. The molecule has 1 amide bonds. The second-order valence-corrected chi connectivity index (χ2v) is 10.1. The number of ether oxygens (including phenoxy) is 1. The van der Waals surface area contributed by atoms with E-state index in [1.54, 1.807) is 12.3 Å². The van der Waals surface area contributed by atoms with Crippen LogP contribution in [0.25, 0.3) is 0 Å². The molecule has 180 valence electrons. The standard InChI is InChI=1S/C26H26N4O3S2/c1-2-33-24(32)14-21-16-35-26(28-21)30-23(31)10-11-34-25-20(15-27)13-19-12-18(8-9-22(19)29-25)17-6-4-3-5-7-17/h3-7,13,16,18H,2,8-12,14H2,1H3,(H,28,30,31). The van der Waals surface area contributed by atoms with Crippen LogP contribution in [-0.4, -0.2) is 34.2 Å². The maximum Gasteiger partial charge on any atom is 0.311 e. The summed E-state index contributed by atoms with van der Waals surface area (Å²) >= 11 is 2.70. The van der Waals surface area contributed by atoms with E-state index in [9.17, 15) is 14.9 Å². The molecule has 2 heterocycles. The van der Waals surface area contributed by atoms with Crippen LogP contribution in [-0.2, 0) is 33.6 Å². The van der Waals surface area contributed by atoms with Crippen LogP contribution in [0.4, 0.5) is 5.13 Å². The number of fused-ring (bicyclic) bond motifs is 1. The molecule has 1 unspecified atom stereocenters. The molecule has 1 atom stereocenters. The maximum absolute atomic E-state index is 12.4. The van der Waals surface area contributed by atoms with Gasteiger partial charge in [-0.2, -0.15) is 5.26 Å². The SMILES string of the molecule is CCOC(=O)Cc1csc(NC(=O)CCSc2nc3c(cc2C#N)CC(c2ccccc2)CC3)n1. The van der Waals surface area contributed by atoms with Crippen molar-refractivity contribution in [3.05, 3.63) is 69.9 Å². The molecule has 35 heavy (non-hydrogen) atoms. The lowest BCUT2D eigenvalue weighted by Gasteiger charge is -2.25. The third kappa shape index (κ3) is 6.68. The number of carbonyl (C=O) groups is 2. The quantitative estimate of drug-likeness (QED) is 0.325. The first-order chi connectivity index (χ1) is 17.1. The Hall–Kier alpha value is -3.22. The van der Waals surface area contributed by atoms with Gasteiger partial charge in [-0.05, 0) is 49.3 Å². The average molecular weight is 507 g/mol. The van der Waals surface area contributed by atoms with Gasteiger partial charge in [0.25, 0.3) is 0 Å². The molecule has 0 saturated carbocycles. The smallest absolute Gasteiger partial charge is 0.311 e. The van der Waals surface area contributed by atoms with Crippen molar-refractivity contribution in [2.24, 2.45) is 0 Å². The van der Waals surface area contributed by atoms with E-state index in [-0.39, 0.29) is 24.7 Å². The monoisotopic (exact) mass is 506 g/mol. The van der Waals surface area contributed by atoms with Crippen LogP contribution >= 0.6 is 23.1 Å². The van der Waals surface area contributed by atoms with Crippen LogP contribution < -0.4 is 5.32 Å². The van der Waals surface area contributed by atoms with E-state index in [1.807, 2.05) is 12.1 Å². The number of thioether (sulfide) groups is 1. The van der Waals surface area contributed by atoms with Gasteiger partial charge in [0.05, 0.1) is 24.3 Å². The van der Waals surface area contributed by atoms with Gasteiger partial charge in [-0.1, -0.05) is 30.3 Å². The Morgan fingerprint density at radius 1 is 1.29 bits per heavy atom. The Morgan fingerprint density at radius 2 is 2.11 bits per heavy atom. The molecule has 1 aliphatic carbocycles. The number of thiazole rings is 1. The molecule has 0 bridgehead atoms. The third-order valence-corrected chi connectivity index (χ3v) is 7.54. The topological polar surface area (TPSA) is 105 Å². The summed E-state index contributed by atoms with van der Waals surface area (Å²) in [5.41, 5.74) is 4.66. The molecular weight excluding hydrogens is 480 g/mol. The molecule has 3 aromatic rings. The lowest BCUT2D eigenvalue weighted by atomic mass is 9.82. The Balaban J connectivity index is 1.31. The van der Waals surface area contributed by atoms with Crippen LogP contribution in [0.1, 0.15) is 53.8 Å². The molecule has 1 N–H and O–H groups in total. The van der Waals surface area contributed by atoms with Gasteiger partial charge in [0.2, 0.25) is 5.91 Å². The summed E-state index contributed by atoms with van der Waals surface area (Å²) in [4.78, 5) is 33.0. The minimum atomic E-state index is -0.339. The Labute approximate surface area is 213 Å². The van der Waals surface area contributed by atoms with Crippen molar-refractivity contribution in [3.63, 3.8) is 0 Å². The van der Waals surface area contributed by atoms with Gasteiger partial charge < -0.3 is 10.1 Å². The van der Waals surface area contributed by atoms with Gasteiger partial charge in [-0.3, -0.25) is 9.59 Å². The summed E-state index contributed by atoms with van der Waals surface area (Å²) in [6.45, 7) is 2.08. The fourth-order valence-corrected chi connectivity index (χ4v) is 5.72. The number of amides is 1. The van der Waals surface area contributed by atoms with Gasteiger partial charge in [-0.15, -0.1) is 23.1 Å². The molecule has 4 rings (SSSR count). The van der Waals surface area contributed by atoms with E-state index in [0.717, 1.165) is 30.5 Å². The van der Waals surface area contributed by atoms with E-state index in [0.29, 0.717) is 39.7 Å². The lowest BCUT2D eigenvalue weighted by molar-refractivity contribution is -0.142. The van der Waals surface area contributed by atoms with E-state index in [2.05, 4.69) is 40.6 Å². The number of aromatic nitrogens is 2. The summed E-state index contributed by atoms with van der Waals surface area (Å²) in [6, 6.07) is 14.7. The number of esters is 1. The first-order valence-corrected chi connectivity index (χ1v) is 13.4. The zero-order valence-corrected chi connectivity index (χ0v) is 21.1. The van der Waals surface area contributed by atoms with Gasteiger partial charge in [0, 0.05) is 23.2 Å². The van der Waals surface area contributed by atoms with Crippen LogP contribution in [0.15, 0.2) is 46.8 Å². The zero-order chi connectivity index (χ0) is 24.6. The van der Waals surface area contributed by atoms with Crippen LogP contribution in [0, 0.1) is 11.3 Å². The van der Waals surface area contributed by atoms with E-state index in [1.165, 1.54) is 28.7 Å². The van der Waals surface area contributed by atoms with Gasteiger partial charge in [0.1, 0.15) is 11.1 Å². The highest BCUT2D eigenvalue weighted by Crippen LogP contribution is 2.34.